The lowest BCUT2D eigenvalue weighted by Crippen LogP contribution is -2.26. The number of carboxylic acid groups (broad SMARTS) is 1. The van der Waals surface area contributed by atoms with Crippen molar-refractivity contribution in [3.05, 3.63) is 18.0 Å². The highest BCUT2D eigenvalue weighted by Crippen LogP contribution is 2.14. The van der Waals surface area contributed by atoms with Crippen LogP contribution in [-0.4, -0.2) is 42.4 Å². The van der Waals surface area contributed by atoms with E-state index in [4.69, 9.17) is 5.11 Å². The van der Waals surface area contributed by atoms with E-state index < -0.39 is 16.0 Å². The van der Waals surface area contributed by atoms with Crippen LogP contribution in [0, 0.1) is 0 Å². The molecule has 0 aliphatic rings. The van der Waals surface area contributed by atoms with E-state index in [2.05, 4.69) is 4.98 Å². The van der Waals surface area contributed by atoms with Crippen LogP contribution in [-0.2, 0) is 10.0 Å². The highest BCUT2D eigenvalue weighted by atomic mass is 32.2. The molecule has 0 bridgehead atoms. The molecule has 15 heavy (non-hydrogen) atoms. The largest absolute Gasteiger partial charge is 0.477 e. The van der Waals surface area contributed by atoms with Gasteiger partial charge in [0.15, 0.2) is 0 Å². The Bertz CT molecular complexity index is 463. The van der Waals surface area contributed by atoms with Crippen molar-refractivity contribution in [1.82, 2.24) is 9.29 Å². The Morgan fingerprint density at radius 1 is 1.60 bits per heavy atom. The fourth-order valence-electron chi connectivity index (χ4n) is 0.997. The number of hydrogen-bond acceptors (Lipinski definition) is 3. The van der Waals surface area contributed by atoms with E-state index in [1.165, 1.54) is 13.2 Å². The number of carbonyl (C=O) groups is 1. The molecule has 84 valence electrons. The molecule has 0 fully saturated rings. The first-order valence-corrected chi connectivity index (χ1v) is 5.71. The van der Waals surface area contributed by atoms with Gasteiger partial charge in [0, 0.05) is 19.8 Å². The lowest BCUT2D eigenvalue weighted by molar-refractivity contribution is 0.0691. The van der Waals surface area contributed by atoms with Crippen LogP contribution in [0.3, 0.4) is 0 Å². The third kappa shape index (κ3) is 2.18. The van der Waals surface area contributed by atoms with Crippen LogP contribution >= 0.6 is 0 Å². The van der Waals surface area contributed by atoms with Gasteiger partial charge in [-0.05, 0) is 6.07 Å². The average molecular weight is 232 g/mol. The Morgan fingerprint density at radius 2 is 2.20 bits per heavy atom. The van der Waals surface area contributed by atoms with E-state index in [1.54, 1.807) is 6.92 Å². The molecule has 0 aliphatic carbocycles. The summed E-state index contributed by atoms with van der Waals surface area (Å²) in [5.41, 5.74) is -0.141. The van der Waals surface area contributed by atoms with Crippen molar-refractivity contribution in [2.75, 3.05) is 13.6 Å². The van der Waals surface area contributed by atoms with Gasteiger partial charge in [-0.25, -0.2) is 17.5 Å². The quantitative estimate of drug-likeness (QED) is 0.783. The molecule has 7 heteroatoms. The SMILES string of the molecule is CCN(C)S(=O)(=O)c1c[nH]c(C(=O)O)c1. The summed E-state index contributed by atoms with van der Waals surface area (Å²) in [4.78, 5) is 12.9. The van der Waals surface area contributed by atoms with E-state index in [-0.39, 0.29) is 10.6 Å². The molecule has 0 spiro atoms. The third-order valence-corrected chi connectivity index (χ3v) is 3.95. The van der Waals surface area contributed by atoms with Crippen LogP contribution in [0.4, 0.5) is 0 Å². The second kappa shape index (κ2) is 4.03. The van der Waals surface area contributed by atoms with E-state index in [9.17, 15) is 13.2 Å². The number of aromatic amines is 1. The van der Waals surface area contributed by atoms with Gasteiger partial charge < -0.3 is 10.1 Å². The van der Waals surface area contributed by atoms with Gasteiger partial charge in [-0.2, -0.15) is 0 Å². The summed E-state index contributed by atoms with van der Waals surface area (Å²) in [5, 5.41) is 8.62. The van der Waals surface area contributed by atoms with Crippen molar-refractivity contribution in [1.29, 1.82) is 0 Å². The zero-order chi connectivity index (χ0) is 11.6. The second-order valence-corrected chi connectivity index (χ2v) is 5.02. The first-order valence-electron chi connectivity index (χ1n) is 4.27. The summed E-state index contributed by atoms with van der Waals surface area (Å²) < 4.78 is 24.6. The van der Waals surface area contributed by atoms with Gasteiger partial charge >= 0.3 is 5.97 Å². The summed E-state index contributed by atoms with van der Waals surface area (Å²) in [7, 11) is -2.13. The van der Waals surface area contributed by atoms with Crippen molar-refractivity contribution in [2.45, 2.75) is 11.8 Å². The number of rotatable bonds is 4. The van der Waals surface area contributed by atoms with Crippen LogP contribution in [0.25, 0.3) is 0 Å². The first kappa shape index (κ1) is 11.7. The van der Waals surface area contributed by atoms with Gasteiger partial charge in [-0.3, -0.25) is 0 Å². The number of aromatic nitrogens is 1. The first-order chi connectivity index (χ1) is 6.89. The molecular weight excluding hydrogens is 220 g/mol. The van der Waals surface area contributed by atoms with Gasteiger partial charge in [0.1, 0.15) is 10.6 Å². The molecule has 0 aromatic carbocycles. The normalized spacial score (nSPS) is 11.9. The molecule has 1 rings (SSSR count). The molecule has 0 saturated carbocycles. The van der Waals surface area contributed by atoms with Crippen LogP contribution in [0.5, 0.6) is 0 Å². The van der Waals surface area contributed by atoms with Crippen molar-refractivity contribution in [3.8, 4) is 0 Å². The number of H-pyrrole nitrogens is 1. The lowest BCUT2D eigenvalue weighted by atomic mass is 10.4. The number of nitrogens with zero attached hydrogens (tertiary/aromatic N) is 1. The van der Waals surface area contributed by atoms with E-state index in [0.29, 0.717) is 6.54 Å². The number of hydrogen-bond donors (Lipinski definition) is 2. The van der Waals surface area contributed by atoms with E-state index >= 15 is 0 Å². The van der Waals surface area contributed by atoms with Crippen molar-refractivity contribution in [2.24, 2.45) is 0 Å². The molecule has 0 radical (unpaired) electrons. The molecule has 0 aliphatic heterocycles. The Kier molecular flexibility index (Phi) is 3.15. The average Bonchev–Trinajstić information content (AvgIpc) is 2.65. The molecule has 0 amide bonds. The number of nitrogens with one attached hydrogen (secondary N) is 1. The van der Waals surface area contributed by atoms with Crippen LogP contribution in [0.15, 0.2) is 17.2 Å². The maximum absolute atomic E-state index is 11.7. The van der Waals surface area contributed by atoms with Crippen molar-refractivity contribution in [3.63, 3.8) is 0 Å². The minimum Gasteiger partial charge on any atom is -0.477 e. The summed E-state index contributed by atoms with van der Waals surface area (Å²) in [6.07, 6.45) is 1.17. The smallest absolute Gasteiger partial charge is 0.352 e. The van der Waals surface area contributed by atoms with Gasteiger partial charge in [-0.15, -0.1) is 0 Å². The van der Waals surface area contributed by atoms with Crippen molar-refractivity contribution >= 4 is 16.0 Å². The fourth-order valence-corrected chi connectivity index (χ4v) is 2.17. The molecule has 2 N–H and O–H groups in total. The van der Waals surface area contributed by atoms with Crippen LogP contribution in [0.2, 0.25) is 0 Å². The Morgan fingerprint density at radius 3 is 2.60 bits per heavy atom. The molecule has 0 atom stereocenters. The van der Waals surface area contributed by atoms with E-state index in [0.717, 1.165) is 10.4 Å². The van der Waals surface area contributed by atoms with Crippen LogP contribution < -0.4 is 0 Å². The summed E-state index contributed by atoms with van der Waals surface area (Å²) >= 11 is 0. The lowest BCUT2D eigenvalue weighted by Gasteiger charge is -2.12. The fraction of sp³-hybridized carbons (Fsp3) is 0.375. The van der Waals surface area contributed by atoms with E-state index in [1.807, 2.05) is 0 Å². The predicted octanol–water partition coefficient (Wildman–Crippen LogP) is 0.353. The van der Waals surface area contributed by atoms with Gasteiger partial charge in [0.25, 0.3) is 0 Å². The van der Waals surface area contributed by atoms with Crippen molar-refractivity contribution < 1.29 is 18.3 Å². The topological polar surface area (TPSA) is 90.5 Å². The highest BCUT2D eigenvalue weighted by Gasteiger charge is 2.21. The Labute approximate surface area is 87.6 Å². The zero-order valence-corrected chi connectivity index (χ0v) is 9.21. The van der Waals surface area contributed by atoms with Gasteiger partial charge in [-0.1, -0.05) is 6.92 Å². The molecule has 0 unspecified atom stereocenters. The molecule has 1 heterocycles. The maximum Gasteiger partial charge on any atom is 0.352 e. The maximum atomic E-state index is 11.7. The standard InChI is InChI=1S/C8H12N2O4S/c1-3-10(2)15(13,14)6-4-7(8(11)12)9-5-6/h4-5,9H,3H2,1-2H3,(H,11,12). The van der Waals surface area contributed by atoms with Gasteiger partial charge in [0.05, 0.1) is 0 Å². The molecule has 0 saturated heterocycles. The minimum absolute atomic E-state index is 0.0377. The minimum atomic E-state index is -3.56. The molecule has 1 aromatic heterocycles. The zero-order valence-electron chi connectivity index (χ0n) is 8.39. The number of carboxylic acids is 1. The number of aromatic carboxylic acids is 1. The summed E-state index contributed by atoms with van der Waals surface area (Å²) in [5.74, 6) is -1.18. The molecule has 1 aromatic rings. The summed E-state index contributed by atoms with van der Waals surface area (Å²) in [6, 6.07) is 1.10. The molecular formula is C8H12N2O4S. The molecule has 6 nitrogen and oxygen atoms in total. The van der Waals surface area contributed by atoms with Crippen LogP contribution in [0.1, 0.15) is 17.4 Å². The predicted molar refractivity (Wildman–Crippen MR) is 53.2 cm³/mol. The Balaban J connectivity index is 3.12. The van der Waals surface area contributed by atoms with Gasteiger partial charge in [0.2, 0.25) is 10.0 Å². The second-order valence-electron chi connectivity index (χ2n) is 2.97. The third-order valence-electron chi connectivity index (χ3n) is 2.04. The number of sulfonamides is 1. The summed E-state index contributed by atoms with van der Waals surface area (Å²) in [6.45, 7) is 2.03. The highest BCUT2D eigenvalue weighted by molar-refractivity contribution is 7.89. The Hall–Kier alpha value is -1.34. The monoisotopic (exact) mass is 232 g/mol.